The molecule has 0 unspecified atom stereocenters. The molecule has 0 atom stereocenters. The molecule has 0 N–H and O–H groups in total. The van der Waals surface area contributed by atoms with Gasteiger partial charge in [0.2, 0.25) is 0 Å². The summed E-state index contributed by atoms with van der Waals surface area (Å²) in [6.45, 7) is 0. The SMILES string of the molecule is O=c1oc2ccc(Cl)cc2c(C=C(c2ccccc2)c2ccccc2)c1-c1ccccc1. The number of rotatable bonds is 4. The molecule has 0 amide bonds. The summed E-state index contributed by atoms with van der Waals surface area (Å²) in [5, 5.41) is 1.38. The zero-order valence-electron chi connectivity index (χ0n) is 17.2. The molecule has 4 aromatic carbocycles. The van der Waals surface area contributed by atoms with E-state index in [0.29, 0.717) is 16.2 Å². The van der Waals surface area contributed by atoms with Crippen molar-refractivity contribution in [3.8, 4) is 11.1 Å². The standard InChI is InChI=1S/C29H19ClO2/c30-23-16-17-27-25(18-23)26(28(29(31)32-27)22-14-8-3-9-15-22)19-24(20-10-4-1-5-11-20)21-12-6-2-7-13-21/h1-19H. The van der Waals surface area contributed by atoms with Crippen LogP contribution in [0.1, 0.15) is 16.7 Å². The third-order valence-corrected chi connectivity index (χ3v) is 5.66. The zero-order chi connectivity index (χ0) is 21.9. The van der Waals surface area contributed by atoms with Gasteiger partial charge in [0.25, 0.3) is 0 Å². The van der Waals surface area contributed by atoms with E-state index in [9.17, 15) is 4.79 Å². The van der Waals surface area contributed by atoms with Crippen molar-refractivity contribution >= 4 is 34.2 Å². The van der Waals surface area contributed by atoms with Gasteiger partial charge in [-0.15, -0.1) is 0 Å². The Balaban J connectivity index is 1.90. The number of hydrogen-bond acceptors (Lipinski definition) is 2. The first-order valence-electron chi connectivity index (χ1n) is 10.3. The third kappa shape index (κ3) is 3.89. The van der Waals surface area contributed by atoms with Crippen LogP contribution < -0.4 is 5.63 Å². The van der Waals surface area contributed by atoms with Crippen molar-refractivity contribution in [2.75, 3.05) is 0 Å². The second kappa shape index (κ2) is 8.70. The van der Waals surface area contributed by atoms with Gasteiger partial charge in [-0.05, 0) is 46.5 Å². The molecule has 2 nitrogen and oxygen atoms in total. The first kappa shape index (κ1) is 20.0. The van der Waals surface area contributed by atoms with Gasteiger partial charge >= 0.3 is 5.63 Å². The summed E-state index contributed by atoms with van der Waals surface area (Å²) in [6, 6.07) is 35.3. The molecule has 0 fully saturated rings. The van der Waals surface area contributed by atoms with E-state index in [0.717, 1.165) is 33.2 Å². The summed E-state index contributed by atoms with van der Waals surface area (Å²) in [6.07, 6.45) is 2.07. The molecule has 154 valence electrons. The highest BCUT2D eigenvalue weighted by Gasteiger charge is 2.17. The molecule has 1 aromatic heterocycles. The van der Waals surface area contributed by atoms with Crippen molar-refractivity contribution in [2.24, 2.45) is 0 Å². The second-order valence-corrected chi connectivity index (χ2v) is 7.91. The minimum atomic E-state index is -0.377. The molecule has 0 aliphatic carbocycles. The Morgan fingerprint density at radius 3 is 1.88 bits per heavy atom. The van der Waals surface area contributed by atoms with Gasteiger partial charge in [-0.3, -0.25) is 0 Å². The van der Waals surface area contributed by atoms with Gasteiger partial charge in [0.1, 0.15) is 5.58 Å². The van der Waals surface area contributed by atoms with Crippen molar-refractivity contribution in [3.63, 3.8) is 0 Å². The lowest BCUT2D eigenvalue weighted by Crippen LogP contribution is -2.06. The Labute approximate surface area is 191 Å². The fourth-order valence-corrected chi connectivity index (χ4v) is 4.11. The van der Waals surface area contributed by atoms with Crippen LogP contribution in [0.2, 0.25) is 5.02 Å². The van der Waals surface area contributed by atoms with Gasteiger partial charge < -0.3 is 4.42 Å². The molecule has 5 aromatic rings. The van der Waals surface area contributed by atoms with Gasteiger partial charge in [-0.25, -0.2) is 4.79 Å². The summed E-state index contributed by atoms with van der Waals surface area (Å²) in [7, 11) is 0. The van der Waals surface area contributed by atoms with E-state index >= 15 is 0 Å². The predicted octanol–water partition coefficient (Wildman–Crippen LogP) is 7.70. The molecular formula is C29H19ClO2. The molecular weight excluding hydrogens is 416 g/mol. The monoisotopic (exact) mass is 434 g/mol. The first-order valence-corrected chi connectivity index (χ1v) is 10.7. The van der Waals surface area contributed by atoms with Crippen LogP contribution in [0.25, 0.3) is 33.7 Å². The first-order chi connectivity index (χ1) is 15.7. The Kier molecular flexibility index (Phi) is 5.45. The molecule has 0 saturated heterocycles. The van der Waals surface area contributed by atoms with E-state index in [1.165, 1.54) is 0 Å². The predicted molar refractivity (Wildman–Crippen MR) is 133 cm³/mol. The molecule has 5 rings (SSSR count). The average molecular weight is 435 g/mol. The maximum atomic E-state index is 13.2. The molecule has 0 aliphatic heterocycles. The number of hydrogen-bond donors (Lipinski definition) is 0. The topological polar surface area (TPSA) is 30.2 Å². The zero-order valence-corrected chi connectivity index (χ0v) is 17.9. The van der Waals surface area contributed by atoms with Gasteiger partial charge in [-0.2, -0.15) is 0 Å². The lowest BCUT2D eigenvalue weighted by atomic mass is 9.91. The van der Waals surface area contributed by atoms with Crippen LogP contribution in [-0.4, -0.2) is 0 Å². The van der Waals surface area contributed by atoms with Crippen molar-refractivity contribution in [1.82, 2.24) is 0 Å². The molecule has 0 aliphatic rings. The van der Waals surface area contributed by atoms with Crippen molar-refractivity contribution in [2.45, 2.75) is 0 Å². The summed E-state index contributed by atoms with van der Waals surface area (Å²) in [5.74, 6) is 0. The molecule has 0 spiro atoms. The lowest BCUT2D eigenvalue weighted by molar-refractivity contribution is 0.563. The largest absolute Gasteiger partial charge is 0.422 e. The molecule has 0 radical (unpaired) electrons. The highest BCUT2D eigenvalue weighted by molar-refractivity contribution is 6.31. The maximum Gasteiger partial charge on any atom is 0.344 e. The van der Waals surface area contributed by atoms with E-state index < -0.39 is 0 Å². The summed E-state index contributed by atoms with van der Waals surface area (Å²) < 4.78 is 5.69. The minimum absolute atomic E-state index is 0.377. The number of halogens is 1. The number of benzene rings is 4. The van der Waals surface area contributed by atoms with E-state index in [1.54, 1.807) is 12.1 Å². The summed E-state index contributed by atoms with van der Waals surface area (Å²) >= 11 is 6.36. The third-order valence-electron chi connectivity index (χ3n) is 5.43. The van der Waals surface area contributed by atoms with Gasteiger partial charge in [0, 0.05) is 16.0 Å². The molecule has 32 heavy (non-hydrogen) atoms. The fourth-order valence-electron chi connectivity index (χ4n) is 3.94. The quantitative estimate of drug-likeness (QED) is 0.271. The highest BCUT2D eigenvalue weighted by Crippen LogP contribution is 2.34. The molecule has 1 heterocycles. The minimum Gasteiger partial charge on any atom is -0.422 e. The summed E-state index contributed by atoms with van der Waals surface area (Å²) in [5.41, 5.74) is 5.35. The van der Waals surface area contributed by atoms with Crippen LogP contribution in [0.5, 0.6) is 0 Å². The van der Waals surface area contributed by atoms with Gasteiger partial charge in [-0.1, -0.05) is 103 Å². The lowest BCUT2D eigenvalue weighted by Gasteiger charge is -2.13. The van der Waals surface area contributed by atoms with Crippen LogP contribution in [0.4, 0.5) is 0 Å². The van der Waals surface area contributed by atoms with E-state index in [1.807, 2.05) is 72.8 Å². The van der Waals surface area contributed by atoms with Gasteiger partial charge in [0.05, 0.1) is 5.56 Å². The van der Waals surface area contributed by atoms with E-state index in [-0.39, 0.29) is 5.63 Å². The summed E-state index contributed by atoms with van der Waals surface area (Å²) in [4.78, 5) is 13.2. The Hall–Kier alpha value is -3.88. The molecule has 3 heteroatoms. The smallest absolute Gasteiger partial charge is 0.344 e. The van der Waals surface area contributed by atoms with Crippen molar-refractivity contribution in [3.05, 3.63) is 141 Å². The van der Waals surface area contributed by atoms with Gasteiger partial charge in [0.15, 0.2) is 0 Å². The van der Waals surface area contributed by atoms with Crippen LogP contribution in [0.3, 0.4) is 0 Å². The highest BCUT2D eigenvalue weighted by atomic mass is 35.5. The normalized spacial score (nSPS) is 10.8. The van der Waals surface area contributed by atoms with Crippen molar-refractivity contribution in [1.29, 1.82) is 0 Å². The van der Waals surface area contributed by atoms with Crippen LogP contribution in [0.15, 0.2) is 118 Å². The average Bonchev–Trinajstić information content (AvgIpc) is 2.84. The molecule has 0 saturated carbocycles. The maximum absolute atomic E-state index is 13.2. The van der Waals surface area contributed by atoms with Crippen molar-refractivity contribution < 1.29 is 4.42 Å². The number of fused-ring (bicyclic) bond motifs is 1. The fraction of sp³-hybridized carbons (Fsp3) is 0. The Morgan fingerprint density at radius 2 is 1.28 bits per heavy atom. The Morgan fingerprint density at radius 1 is 0.719 bits per heavy atom. The van der Waals surface area contributed by atoms with E-state index in [2.05, 4.69) is 30.3 Å². The van der Waals surface area contributed by atoms with Crippen LogP contribution in [-0.2, 0) is 0 Å². The molecule has 0 bridgehead atoms. The van der Waals surface area contributed by atoms with Crippen LogP contribution in [0, 0.1) is 0 Å². The Bertz CT molecular complexity index is 1430. The van der Waals surface area contributed by atoms with Crippen LogP contribution >= 0.6 is 11.6 Å². The second-order valence-electron chi connectivity index (χ2n) is 7.47. The van der Waals surface area contributed by atoms with E-state index in [4.69, 9.17) is 16.0 Å².